The molecule has 0 heterocycles. The van der Waals surface area contributed by atoms with Gasteiger partial charge in [-0.1, -0.05) is 12.2 Å². The second-order valence-electron chi connectivity index (χ2n) is 6.86. The summed E-state index contributed by atoms with van der Waals surface area (Å²) in [6, 6.07) is 0. The Labute approximate surface area is 105 Å². The molecule has 0 radical (unpaired) electrons. The van der Waals surface area contributed by atoms with Gasteiger partial charge >= 0.3 is 0 Å². The second kappa shape index (κ2) is 4.10. The number of hydrogen-bond donors (Lipinski definition) is 2. The van der Waals surface area contributed by atoms with Gasteiger partial charge in [0.15, 0.2) is 0 Å². The van der Waals surface area contributed by atoms with Crippen LogP contribution >= 0.6 is 0 Å². The first kappa shape index (κ1) is 11.7. The smallest absolute Gasteiger partial charge is 0.0363 e. The molecule has 4 rings (SSSR count). The quantitative estimate of drug-likeness (QED) is 0.733. The van der Waals surface area contributed by atoms with Crippen LogP contribution in [0.25, 0.3) is 0 Å². The van der Waals surface area contributed by atoms with Gasteiger partial charge in [0, 0.05) is 18.6 Å². The molecule has 0 spiro atoms. The van der Waals surface area contributed by atoms with Crippen LogP contribution in [-0.2, 0) is 0 Å². The zero-order chi connectivity index (χ0) is 12.0. The van der Waals surface area contributed by atoms with Crippen molar-refractivity contribution in [1.82, 2.24) is 5.32 Å². The number of rotatable bonds is 4. The first-order valence-electron chi connectivity index (χ1n) is 7.23. The Balaban J connectivity index is 1.81. The highest BCUT2D eigenvalue weighted by Crippen LogP contribution is 2.57. The summed E-state index contributed by atoms with van der Waals surface area (Å²) in [7, 11) is 0. The van der Waals surface area contributed by atoms with Gasteiger partial charge in [-0.2, -0.15) is 0 Å². The zero-order valence-electron chi connectivity index (χ0n) is 11.0. The zero-order valence-corrected chi connectivity index (χ0v) is 11.0. The maximum atomic E-state index is 6.18. The predicted octanol–water partition coefficient (Wildman–Crippen LogP) is 2.31. The van der Waals surface area contributed by atoms with Crippen LogP contribution in [0.4, 0.5) is 0 Å². The lowest BCUT2D eigenvalue weighted by Crippen LogP contribution is -2.68. The van der Waals surface area contributed by atoms with Crippen LogP contribution in [0.15, 0.2) is 12.2 Å². The molecule has 0 saturated heterocycles. The van der Waals surface area contributed by atoms with Crippen LogP contribution in [0.3, 0.4) is 0 Å². The fourth-order valence-electron chi connectivity index (χ4n) is 5.03. The Morgan fingerprint density at radius 1 is 1.18 bits per heavy atom. The molecule has 2 nitrogen and oxygen atoms in total. The number of hydrogen-bond acceptors (Lipinski definition) is 2. The third-order valence-corrected chi connectivity index (χ3v) is 5.65. The summed E-state index contributed by atoms with van der Waals surface area (Å²) in [4.78, 5) is 0. The van der Waals surface area contributed by atoms with Crippen molar-refractivity contribution in [2.45, 2.75) is 44.6 Å². The first-order valence-corrected chi connectivity index (χ1v) is 7.23. The van der Waals surface area contributed by atoms with Crippen LogP contribution < -0.4 is 11.1 Å². The van der Waals surface area contributed by atoms with Crippen molar-refractivity contribution in [2.75, 3.05) is 13.1 Å². The van der Waals surface area contributed by atoms with E-state index in [0.29, 0.717) is 0 Å². The summed E-state index contributed by atoms with van der Waals surface area (Å²) in [5, 5.41) is 3.80. The molecule has 0 unspecified atom stereocenters. The molecule has 0 atom stereocenters. The summed E-state index contributed by atoms with van der Waals surface area (Å²) >= 11 is 0. The minimum absolute atomic E-state index is 0.242. The Bertz CT molecular complexity index is 293. The first-order chi connectivity index (χ1) is 8.14. The third-order valence-electron chi connectivity index (χ3n) is 5.65. The Hall–Kier alpha value is -0.340. The van der Waals surface area contributed by atoms with Crippen molar-refractivity contribution in [3.05, 3.63) is 12.2 Å². The van der Waals surface area contributed by atoms with Crippen molar-refractivity contribution in [3.63, 3.8) is 0 Å². The monoisotopic (exact) mass is 234 g/mol. The van der Waals surface area contributed by atoms with Crippen LogP contribution in [0.1, 0.15) is 39.0 Å². The molecule has 0 aliphatic heterocycles. The van der Waals surface area contributed by atoms with Gasteiger partial charge in [0.1, 0.15) is 0 Å². The van der Waals surface area contributed by atoms with E-state index in [9.17, 15) is 0 Å². The minimum Gasteiger partial charge on any atom is -0.329 e. The maximum Gasteiger partial charge on any atom is 0.0363 e. The average Bonchev–Trinajstić information content (AvgIpc) is 2.28. The number of nitrogens with two attached hydrogens (primary N) is 1. The van der Waals surface area contributed by atoms with Crippen LogP contribution in [0.5, 0.6) is 0 Å². The highest BCUT2D eigenvalue weighted by atomic mass is 15.0. The lowest BCUT2D eigenvalue weighted by atomic mass is 9.48. The Morgan fingerprint density at radius 3 is 2.12 bits per heavy atom. The van der Waals surface area contributed by atoms with E-state index >= 15 is 0 Å². The summed E-state index contributed by atoms with van der Waals surface area (Å²) in [6.45, 7) is 7.88. The molecule has 3 N–H and O–H groups in total. The van der Waals surface area contributed by atoms with E-state index in [-0.39, 0.29) is 5.54 Å². The fraction of sp³-hybridized carbons (Fsp3) is 0.867. The molecular weight excluding hydrogens is 208 g/mol. The Morgan fingerprint density at radius 2 is 1.71 bits per heavy atom. The summed E-state index contributed by atoms with van der Waals surface area (Å²) in [6.07, 6.45) is 7.20. The lowest BCUT2D eigenvalue weighted by molar-refractivity contribution is -0.0679. The van der Waals surface area contributed by atoms with E-state index in [1.807, 2.05) is 0 Å². The molecule has 0 aromatic carbocycles. The van der Waals surface area contributed by atoms with E-state index in [1.54, 1.807) is 0 Å². The molecule has 96 valence electrons. The van der Waals surface area contributed by atoms with Crippen LogP contribution in [-0.4, -0.2) is 18.6 Å². The van der Waals surface area contributed by atoms with Crippen molar-refractivity contribution in [2.24, 2.45) is 29.4 Å². The molecular formula is C15H26N2. The molecule has 0 aromatic heterocycles. The molecule has 4 aliphatic rings. The van der Waals surface area contributed by atoms with Gasteiger partial charge in [-0.15, -0.1) is 0 Å². The summed E-state index contributed by atoms with van der Waals surface area (Å²) < 4.78 is 0. The normalized spacial score (nSPS) is 47.4. The molecule has 0 amide bonds. The van der Waals surface area contributed by atoms with Crippen molar-refractivity contribution >= 4 is 0 Å². The molecule has 2 heteroatoms. The highest BCUT2D eigenvalue weighted by Gasteiger charge is 2.56. The van der Waals surface area contributed by atoms with Gasteiger partial charge < -0.3 is 11.1 Å². The van der Waals surface area contributed by atoms with Crippen LogP contribution in [0.2, 0.25) is 0 Å². The average molecular weight is 234 g/mol. The molecule has 4 aliphatic carbocycles. The molecule has 17 heavy (non-hydrogen) atoms. The highest BCUT2D eigenvalue weighted by molar-refractivity contribution is 5.13. The van der Waals surface area contributed by atoms with E-state index in [0.717, 1.165) is 36.8 Å². The standard InChI is InChI=1S/C15H26N2/c1-10(2)8-17-15(9-16)13-4-11-3-12(6-13)7-14(15)5-11/h11-14,17H,1,3-9,16H2,2H3. The predicted molar refractivity (Wildman–Crippen MR) is 71.6 cm³/mol. The largest absolute Gasteiger partial charge is 0.329 e. The SMILES string of the molecule is C=C(C)CNC1(CN)C2CC3CC(C2)CC1C3. The molecule has 4 saturated carbocycles. The molecule has 4 fully saturated rings. The van der Waals surface area contributed by atoms with Gasteiger partial charge in [0.2, 0.25) is 0 Å². The summed E-state index contributed by atoms with van der Waals surface area (Å²) in [5.74, 6) is 3.71. The van der Waals surface area contributed by atoms with Crippen LogP contribution in [0, 0.1) is 23.7 Å². The van der Waals surface area contributed by atoms with E-state index in [2.05, 4.69) is 18.8 Å². The van der Waals surface area contributed by atoms with Gasteiger partial charge in [-0.3, -0.25) is 0 Å². The van der Waals surface area contributed by atoms with E-state index < -0.39 is 0 Å². The second-order valence-corrected chi connectivity index (χ2v) is 6.86. The molecule has 4 bridgehead atoms. The van der Waals surface area contributed by atoms with Gasteiger partial charge in [0.05, 0.1) is 0 Å². The van der Waals surface area contributed by atoms with Crippen molar-refractivity contribution in [3.8, 4) is 0 Å². The van der Waals surface area contributed by atoms with Gasteiger partial charge in [-0.25, -0.2) is 0 Å². The van der Waals surface area contributed by atoms with Gasteiger partial charge in [0.25, 0.3) is 0 Å². The van der Waals surface area contributed by atoms with Crippen molar-refractivity contribution in [1.29, 1.82) is 0 Å². The topological polar surface area (TPSA) is 38.0 Å². The lowest BCUT2D eigenvalue weighted by Gasteiger charge is -2.61. The van der Waals surface area contributed by atoms with Crippen molar-refractivity contribution < 1.29 is 0 Å². The maximum absolute atomic E-state index is 6.18. The van der Waals surface area contributed by atoms with E-state index in [1.165, 1.54) is 37.7 Å². The minimum atomic E-state index is 0.242. The number of nitrogens with one attached hydrogen (secondary N) is 1. The summed E-state index contributed by atoms with van der Waals surface area (Å²) in [5.41, 5.74) is 7.65. The van der Waals surface area contributed by atoms with Gasteiger partial charge in [-0.05, 0) is 62.7 Å². The molecule has 0 aromatic rings. The fourth-order valence-corrected chi connectivity index (χ4v) is 5.03. The van der Waals surface area contributed by atoms with E-state index in [4.69, 9.17) is 5.73 Å². The Kier molecular flexibility index (Phi) is 2.83. The third kappa shape index (κ3) is 1.77.